The van der Waals surface area contributed by atoms with Crippen molar-refractivity contribution in [1.29, 1.82) is 0 Å². The highest BCUT2D eigenvalue weighted by molar-refractivity contribution is 5.71. The Balaban J connectivity index is 1.94. The highest BCUT2D eigenvalue weighted by atomic mass is 16.6. The van der Waals surface area contributed by atoms with E-state index in [4.69, 9.17) is 14.2 Å². The molecule has 1 fully saturated rings. The molecule has 1 N–H and O–H groups in total. The summed E-state index contributed by atoms with van der Waals surface area (Å²) in [4.78, 5) is 11.3. The molecule has 1 heterocycles. The summed E-state index contributed by atoms with van der Waals surface area (Å²) in [5.41, 5.74) is -0.452. The van der Waals surface area contributed by atoms with E-state index in [0.29, 0.717) is 19.3 Å². The molecule has 1 aliphatic rings. The van der Waals surface area contributed by atoms with Gasteiger partial charge in [0.15, 0.2) is 0 Å². The van der Waals surface area contributed by atoms with Gasteiger partial charge in [-0.2, -0.15) is 0 Å². The molecule has 0 amide bonds. The zero-order valence-corrected chi connectivity index (χ0v) is 11.0. The van der Waals surface area contributed by atoms with Crippen molar-refractivity contribution in [3.05, 3.63) is 0 Å². The predicted octanol–water partition coefficient (Wildman–Crippen LogP) is 0.723. The molecule has 5 nitrogen and oxygen atoms in total. The van der Waals surface area contributed by atoms with Crippen LogP contribution in [-0.4, -0.2) is 50.6 Å². The Bertz CT molecular complexity index is 231. The van der Waals surface area contributed by atoms with E-state index in [9.17, 15) is 4.79 Å². The van der Waals surface area contributed by atoms with E-state index in [1.54, 1.807) is 0 Å². The highest BCUT2D eigenvalue weighted by Crippen LogP contribution is 2.06. The summed E-state index contributed by atoms with van der Waals surface area (Å²) in [5.74, 6) is -0.333. The van der Waals surface area contributed by atoms with Gasteiger partial charge in [-0.05, 0) is 33.7 Å². The van der Waals surface area contributed by atoms with Crippen LogP contribution in [0.2, 0.25) is 0 Å². The molecule has 100 valence electrons. The number of nitrogens with one attached hydrogen (secondary N) is 1. The Labute approximate surface area is 103 Å². The molecular weight excluding hydrogens is 222 g/mol. The first kappa shape index (κ1) is 14.4. The van der Waals surface area contributed by atoms with Crippen molar-refractivity contribution in [1.82, 2.24) is 5.32 Å². The van der Waals surface area contributed by atoms with Crippen LogP contribution in [0.15, 0.2) is 0 Å². The van der Waals surface area contributed by atoms with E-state index < -0.39 is 5.60 Å². The minimum absolute atomic E-state index is 0.0104. The standard InChI is InChI=1S/C12H23NO4/c1-12(2,3)17-11(14)9-15-6-7-16-10-4-5-13-8-10/h10,13H,4-9H2,1-3H3/t10-/m1/s1. The fourth-order valence-electron chi connectivity index (χ4n) is 1.57. The Morgan fingerprint density at radius 3 is 2.71 bits per heavy atom. The Kier molecular flexibility index (Phi) is 5.88. The zero-order chi connectivity index (χ0) is 12.7. The molecule has 0 aromatic heterocycles. The lowest BCUT2D eigenvalue weighted by Crippen LogP contribution is -2.27. The number of carbonyl (C=O) groups is 1. The van der Waals surface area contributed by atoms with Crippen molar-refractivity contribution >= 4 is 5.97 Å². The summed E-state index contributed by atoms with van der Waals surface area (Å²) in [6.07, 6.45) is 1.34. The molecule has 5 heteroatoms. The molecule has 0 unspecified atom stereocenters. The maximum absolute atomic E-state index is 11.3. The fourth-order valence-corrected chi connectivity index (χ4v) is 1.57. The summed E-state index contributed by atoms with van der Waals surface area (Å²) in [6, 6.07) is 0. The SMILES string of the molecule is CC(C)(C)OC(=O)COCCO[C@@H]1CCNC1. The molecule has 1 rings (SSSR count). The second kappa shape index (κ2) is 6.93. The second-order valence-corrected chi connectivity index (χ2v) is 5.12. The minimum atomic E-state index is -0.452. The normalized spacial score (nSPS) is 20.5. The van der Waals surface area contributed by atoms with Crippen molar-refractivity contribution in [2.45, 2.75) is 38.9 Å². The van der Waals surface area contributed by atoms with E-state index in [1.165, 1.54) is 0 Å². The minimum Gasteiger partial charge on any atom is -0.458 e. The average molecular weight is 245 g/mol. The van der Waals surface area contributed by atoms with E-state index in [1.807, 2.05) is 20.8 Å². The molecular formula is C12H23NO4. The Morgan fingerprint density at radius 2 is 2.12 bits per heavy atom. The third-order valence-corrected chi connectivity index (χ3v) is 2.24. The second-order valence-electron chi connectivity index (χ2n) is 5.12. The van der Waals surface area contributed by atoms with Crippen molar-refractivity contribution in [3.63, 3.8) is 0 Å². The molecule has 0 aromatic rings. The molecule has 0 aromatic carbocycles. The Hall–Kier alpha value is -0.650. The monoisotopic (exact) mass is 245 g/mol. The van der Waals surface area contributed by atoms with Crippen LogP contribution in [0.3, 0.4) is 0 Å². The number of esters is 1. The summed E-state index contributed by atoms with van der Waals surface area (Å²) in [5, 5.41) is 3.22. The predicted molar refractivity (Wildman–Crippen MR) is 63.9 cm³/mol. The van der Waals surface area contributed by atoms with Gasteiger partial charge in [0.05, 0.1) is 19.3 Å². The van der Waals surface area contributed by atoms with Crippen LogP contribution in [0.5, 0.6) is 0 Å². The fraction of sp³-hybridized carbons (Fsp3) is 0.917. The third-order valence-electron chi connectivity index (χ3n) is 2.24. The van der Waals surface area contributed by atoms with Gasteiger partial charge in [0.1, 0.15) is 12.2 Å². The van der Waals surface area contributed by atoms with Gasteiger partial charge >= 0.3 is 5.97 Å². The molecule has 0 radical (unpaired) electrons. The molecule has 0 spiro atoms. The molecule has 1 atom stereocenters. The number of hydrogen-bond donors (Lipinski definition) is 1. The summed E-state index contributed by atoms with van der Waals surface area (Å²) in [7, 11) is 0. The molecule has 1 aliphatic heterocycles. The molecule has 17 heavy (non-hydrogen) atoms. The maximum Gasteiger partial charge on any atom is 0.332 e. The van der Waals surface area contributed by atoms with Crippen molar-refractivity contribution in [3.8, 4) is 0 Å². The molecule has 0 saturated carbocycles. The van der Waals surface area contributed by atoms with Crippen LogP contribution in [0.4, 0.5) is 0 Å². The average Bonchev–Trinajstić information content (AvgIpc) is 2.67. The topological polar surface area (TPSA) is 56.8 Å². The van der Waals surface area contributed by atoms with Crippen LogP contribution in [0, 0.1) is 0 Å². The number of rotatable bonds is 6. The lowest BCUT2D eigenvalue weighted by molar-refractivity contribution is -0.160. The Morgan fingerprint density at radius 1 is 1.35 bits per heavy atom. The molecule has 0 bridgehead atoms. The largest absolute Gasteiger partial charge is 0.458 e. The van der Waals surface area contributed by atoms with Crippen LogP contribution < -0.4 is 5.32 Å². The quantitative estimate of drug-likeness (QED) is 0.552. The van der Waals surface area contributed by atoms with Crippen LogP contribution in [0.1, 0.15) is 27.2 Å². The van der Waals surface area contributed by atoms with Gasteiger partial charge in [-0.3, -0.25) is 0 Å². The third kappa shape index (κ3) is 7.31. The van der Waals surface area contributed by atoms with Crippen molar-refractivity contribution < 1.29 is 19.0 Å². The first-order chi connectivity index (χ1) is 7.97. The van der Waals surface area contributed by atoms with E-state index in [-0.39, 0.29) is 12.6 Å². The smallest absolute Gasteiger partial charge is 0.332 e. The van der Waals surface area contributed by atoms with Crippen LogP contribution in [0.25, 0.3) is 0 Å². The van der Waals surface area contributed by atoms with Gasteiger partial charge in [-0.15, -0.1) is 0 Å². The van der Waals surface area contributed by atoms with Crippen LogP contribution in [-0.2, 0) is 19.0 Å². The van der Waals surface area contributed by atoms with Gasteiger partial charge in [0.25, 0.3) is 0 Å². The van der Waals surface area contributed by atoms with E-state index >= 15 is 0 Å². The lowest BCUT2D eigenvalue weighted by Gasteiger charge is -2.19. The van der Waals surface area contributed by atoms with Crippen molar-refractivity contribution in [2.24, 2.45) is 0 Å². The first-order valence-electron chi connectivity index (χ1n) is 6.09. The first-order valence-corrected chi connectivity index (χ1v) is 6.09. The summed E-state index contributed by atoms with van der Waals surface area (Å²) >= 11 is 0. The van der Waals surface area contributed by atoms with E-state index in [2.05, 4.69) is 5.32 Å². The zero-order valence-electron chi connectivity index (χ0n) is 11.0. The maximum atomic E-state index is 11.3. The summed E-state index contributed by atoms with van der Waals surface area (Å²) < 4.78 is 15.8. The molecule has 0 aliphatic carbocycles. The lowest BCUT2D eigenvalue weighted by atomic mass is 10.2. The number of carbonyl (C=O) groups excluding carboxylic acids is 1. The van der Waals surface area contributed by atoms with Gasteiger partial charge in [0, 0.05) is 6.54 Å². The van der Waals surface area contributed by atoms with E-state index in [0.717, 1.165) is 19.5 Å². The van der Waals surface area contributed by atoms with Crippen molar-refractivity contribution in [2.75, 3.05) is 32.9 Å². The van der Waals surface area contributed by atoms with Gasteiger partial charge in [-0.25, -0.2) is 4.79 Å². The van der Waals surface area contributed by atoms with Crippen LogP contribution >= 0.6 is 0 Å². The number of ether oxygens (including phenoxy) is 3. The van der Waals surface area contributed by atoms with Gasteiger partial charge in [-0.1, -0.05) is 0 Å². The van der Waals surface area contributed by atoms with Gasteiger partial charge < -0.3 is 19.5 Å². The highest BCUT2D eigenvalue weighted by Gasteiger charge is 2.16. The van der Waals surface area contributed by atoms with Gasteiger partial charge in [0.2, 0.25) is 0 Å². The molecule has 1 saturated heterocycles. The summed E-state index contributed by atoms with van der Waals surface area (Å²) in [6.45, 7) is 8.37. The number of hydrogen-bond acceptors (Lipinski definition) is 5.